The van der Waals surface area contributed by atoms with Crippen LogP contribution in [0.2, 0.25) is 0 Å². The van der Waals surface area contributed by atoms with Crippen molar-refractivity contribution in [1.82, 2.24) is 0 Å². The summed E-state index contributed by atoms with van der Waals surface area (Å²) in [5, 5.41) is 8.19. The molecule has 0 atom stereocenters. The first-order valence-electron chi connectivity index (χ1n) is 5.08. The van der Waals surface area contributed by atoms with Gasteiger partial charge in [-0.05, 0) is 36.4 Å². The summed E-state index contributed by atoms with van der Waals surface area (Å²) in [6.07, 6.45) is 7.13. The molecule has 82 valence electrons. The largest absolute Gasteiger partial charge is 0.408 e. The first-order valence-corrected chi connectivity index (χ1v) is 5.08. The third kappa shape index (κ3) is 3.18. The number of nitrogens with zero attached hydrogens (tertiary/aromatic N) is 2. The third-order valence-electron chi connectivity index (χ3n) is 2.05. The Morgan fingerprint density at radius 2 is 1.41 bits per heavy atom. The van der Waals surface area contributed by atoms with Gasteiger partial charge in [-0.15, -0.1) is 0 Å². The Kier molecular flexibility index (Phi) is 3.51. The molecule has 0 saturated carbocycles. The predicted molar refractivity (Wildman–Crippen MR) is 66.5 cm³/mol. The molecule has 0 bridgehead atoms. The summed E-state index contributed by atoms with van der Waals surface area (Å²) < 4.78 is 4.88. The lowest BCUT2D eigenvalue weighted by Crippen LogP contribution is -1.79. The fourth-order valence-corrected chi connectivity index (χ4v) is 1.26. The number of azo groups is 1. The highest BCUT2D eigenvalue weighted by Crippen LogP contribution is 2.20. The number of rotatable bonds is 3. The lowest BCUT2D eigenvalue weighted by atomic mass is 10.3. The molecular formula is C14H10N2O. The van der Waals surface area contributed by atoms with E-state index in [1.54, 1.807) is 24.3 Å². The standard InChI is InChI=1S/C14H10N2O/c1-2-17-14-10-8-13(9-11-14)16-15-12-6-4-3-5-7-12/h1,3-11H. The topological polar surface area (TPSA) is 34.0 Å². The normalized spacial score (nSPS) is 10.1. The minimum atomic E-state index is 0.617. The van der Waals surface area contributed by atoms with Gasteiger partial charge in [0.05, 0.1) is 11.4 Å². The molecule has 17 heavy (non-hydrogen) atoms. The molecule has 0 aliphatic rings. The van der Waals surface area contributed by atoms with E-state index in [4.69, 9.17) is 11.2 Å². The summed E-state index contributed by atoms with van der Waals surface area (Å²) in [6, 6.07) is 16.6. The van der Waals surface area contributed by atoms with Crippen LogP contribution in [-0.4, -0.2) is 0 Å². The Hall–Kier alpha value is -2.60. The van der Waals surface area contributed by atoms with Crippen molar-refractivity contribution in [3.05, 3.63) is 54.6 Å². The Morgan fingerprint density at radius 1 is 0.824 bits per heavy atom. The van der Waals surface area contributed by atoms with Crippen molar-refractivity contribution < 1.29 is 4.74 Å². The molecule has 2 aromatic carbocycles. The zero-order valence-corrected chi connectivity index (χ0v) is 9.08. The van der Waals surface area contributed by atoms with Gasteiger partial charge in [0.1, 0.15) is 11.9 Å². The van der Waals surface area contributed by atoms with Crippen molar-refractivity contribution in [2.75, 3.05) is 0 Å². The molecule has 2 rings (SSSR count). The van der Waals surface area contributed by atoms with Crippen LogP contribution in [0, 0.1) is 12.5 Å². The van der Waals surface area contributed by atoms with Crippen molar-refractivity contribution >= 4 is 11.4 Å². The van der Waals surface area contributed by atoms with Crippen LogP contribution in [0.3, 0.4) is 0 Å². The lowest BCUT2D eigenvalue weighted by Gasteiger charge is -1.96. The molecule has 0 amide bonds. The van der Waals surface area contributed by atoms with Crippen LogP contribution in [0.25, 0.3) is 0 Å². The second kappa shape index (κ2) is 5.47. The number of benzene rings is 2. The zero-order chi connectivity index (χ0) is 11.9. The predicted octanol–water partition coefficient (Wildman–Crippen LogP) is 4.07. The number of hydrogen-bond acceptors (Lipinski definition) is 3. The van der Waals surface area contributed by atoms with Gasteiger partial charge < -0.3 is 4.74 Å². The Bertz CT molecular complexity index is 539. The molecule has 3 heteroatoms. The van der Waals surface area contributed by atoms with Crippen molar-refractivity contribution in [3.8, 4) is 18.3 Å². The summed E-state index contributed by atoms with van der Waals surface area (Å²) in [4.78, 5) is 0. The maximum atomic E-state index is 5.02. The Morgan fingerprint density at radius 3 is 2.00 bits per heavy atom. The van der Waals surface area contributed by atoms with Gasteiger partial charge in [-0.25, -0.2) is 0 Å². The van der Waals surface area contributed by atoms with E-state index >= 15 is 0 Å². The smallest absolute Gasteiger partial charge is 0.140 e. The van der Waals surface area contributed by atoms with Gasteiger partial charge in [-0.2, -0.15) is 10.2 Å². The molecule has 0 saturated heterocycles. The van der Waals surface area contributed by atoms with Crippen LogP contribution in [0.4, 0.5) is 11.4 Å². The first kappa shape index (κ1) is 10.9. The summed E-state index contributed by atoms with van der Waals surface area (Å²) in [7, 11) is 0. The Labute approximate surface area is 99.8 Å². The maximum absolute atomic E-state index is 5.02. The van der Waals surface area contributed by atoms with Crippen LogP contribution in [0.1, 0.15) is 0 Å². The van der Waals surface area contributed by atoms with Crippen LogP contribution >= 0.6 is 0 Å². The van der Waals surface area contributed by atoms with E-state index in [0.29, 0.717) is 5.75 Å². The first-order chi connectivity index (χ1) is 8.38. The minimum absolute atomic E-state index is 0.617. The summed E-state index contributed by atoms with van der Waals surface area (Å²) in [5.41, 5.74) is 1.56. The van der Waals surface area contributed by atoms with Crippen LogP contribution in [0.5, 0.6) is 5.75 Å². The summed E-state index contributed by atoms with van der Waals surface area (Å²) in [5.74, 6) is 0.617. The van der Waals surface area contributed by atoms with Gasteiger partial charge in [0.2, 0.25) is 0 Å². The molecule has 0 aromatic heterocycles. The molecular weight excluding hydrogens is 212 g/mol. The molecule has 0 radical (unpaired) electrons. The van der Waals surface area contributed by atoms with Gasteiger partial charge >= 0.3 is 0 Å². The molecule has 0 fully saturated rings. The molecule has 0 aliphatic carbocycles. The third-order valence-corrected chi connectivity index (χ3v) is 2.05. The summed E-state index contributed by atoms with van der Waals surface area (Å²) >= 11 is 0. The molecule has 0 heterocycles. The van der Waals surface area contributed by atoms with Gasteiger partial charge in [0, 0.05) is 0 Å². The monoisotopic (exact) mass is 222 g/mol. The zero-order valence-electron chi connectivity index (χ0n) is 9.08. The van der Waals surface area contributed by atoms with Crippen molar-refractivity contribution in [1.29, 1.82) is 0 Å². The molecule has 0 N–H and O–H groups in total. The molecule has 2 aromatic rings. The van der Waals surface area contributed by atoms with Crippen LogP contribution in [0.15, 0.2) is 64.8 Å². The van der Waals surface area contributed by atoms with Gasteiger partial charge in [-0.3, -0.25) is 0 Å². The van der Waals surface area contributed by atoms with Gasteiger partial charge in [-0.1, -0.05) is 24.6 Å². The van der Waals surface area contributed by atoms with Crippen molar-refractivity contribution in [3.63, 3.8) is 0 Å². The number of ether oxygens (including phenoxy) is 1. The number of terminal acetylenes is 1. The molecule has 0 unspecified atom stereocenters. The highest BCUT2D eigenvalue weighted by atomic mass is 16.5. The van der Waals surface area contributed by atoms with E-state index in [0.717, 1.165) is 11.4 Å². The second-order valence-electron chi connectivity index (χ2n) is 3.25. The molecule has 3 nitrogen and oxygen atoms in total. The van der Waals surface area contributed by atoms with E-state index in [1.165, 1.54) is 0 Å². The van der Waals surface area contributed by atoms with E-state index in [9.17, 15) is 0 Å². The lowest BCUT2D eigenvalue weighted by molar-refractivity contribution is 0.521. The fourth-order valence-electron chi connectivity index (χ4n) is 1.26. The second-order valence-corrected chi connectivity index (χ2v) is 3.25. The van der Waals surface area contributed by atoms with Crippen molar-refractivity contribution in [2.24, 2.45) is 10.2 Å². The van der Waals surface area contributed by atoms with Gasteiger partial charge in [0.15, 0.2) is 0 Å². The molecule has 0 spiro atoms. The minimum Gasteiger partial charge on any atom is -0.408 e. The van der Waals surface area contributed by atoms with Crippen LogP contribution in [-0.2, 0) is 0 Å². The fraction of sp³-hybridized carbons (Fsp3) is 0. The SMILES string of the molecule is C#COc1ccc(N=Nc2ccccc2)cc1. The average molecular weight is 222 g/mol. The van der Waals surface area contributed by atoms with E-state index in [1.807, 2.05) is 30.3 Å². The highest BCUT2D eigenvalue weighted by Gasteiger charge is 1.93. The van der Waals surface area contributed by atoms with E-state index in [-0.39, 0.29) is 0 Å². The number of hydrogen-bond donors (Lipinski definition) is 0. The molecule has 0 aliphatic heterocycles. The average Bonchev–Trinajstić information content (AvgIpc) is 2.40. The van der Waals surface area contributed by atoms with Crippen LogP contribution < -0.4 is 4.74 Å². The van der Waals surface area contributed by atoms with Gasteiger partial charge in [0.25, 0.3) is 0 Å². The van der Waals surface area contributed by atoms with E-state index < -0.39 is 0 Å². The maximum Gasteiger partial charge on any atom is 0.140 e. The Balaban J connectivity index is 2.09. The summed E-state index contributed by atoms with van der Waals surface area (Å²) in [6.45, 7) is 0. The van der Waals surface area contributed by atoms with Crippen molar-refractivity contribution in [2.45, 2.75) is 0 Å². The van der Waals surface area contributed by atoms with E-state index in [2.05, 4.69) is 16.3 Å². The highest BCUT2D eigenvalue weighted by molar-refractivity contribution is 5.42. The quantitative estimate of drug-likeness (QED) is 0.569.